The second-order valence-corrected chi connectivity index (χ2v) is 5.23. The van der Waals surface area contributed by atoms with Crippen molar-refractivity contribution in [2.24, 2.45) is 0 Å². The van der Waals surface area contributed by atoms with E-state index in [2.05, 4.69) is 17.2 Å². The standard InChI is InChI=1S/C15H18F2N2/c1-2-6-18-12-4-3-5-13-14(12)10-7-9(16)8-11(17)15(10)19-13/h7-8,12,18-19H,2-6H2,1H3. The molecule has 1 unspecified atom stereocenters. The third-order valence-corrected chi connectivity index (χ3v) is 3.85. The maximum absolute atomic E-state index is 13.8. The lowest BCUT2D eigenvalue weighted by molar-refractivity contribution is 0.461. The van der Waals surface area contributed by atoms with Gasteiger partial charge in [0.15, 0.2) is 0 Å². The topological polar surface area (TPSA) is 27.8 Å². The lowest BCUT2D eigenvalue weighted by Crippen LogP contribution is -2.25. The fraction of sp³-hybridized carbons (Fsp3) is 0.467. The number of aryl methyl sites for hydroxylation is 1. The molecule has 0 saturated carbocycles. The Morgan fingerprint density at radius 3 is 3.00 bits per heavy atom. The van der Waals surface area contributed by atoms with Crippen molar-refractivity contribution in [2.45, 2.75) is 38.6 Å². The van der Waals surface area contributed by atoms with Gasteiger partial charge in [0.25, 0.3) is 0 Å². The Morgan fingerprint density at radius 1 is 1.37 bits per heavy atom. The summed E-state index contributed by atoms with van der Waals surface area (Å²) < 4.78 is 27.3. The molecule has 4 heteroatoms. The van der Waals surface area contributed by atoms with Crippen molar-refractivity contribution < 1.29 is 8.78 Å². The van der Waals surface area contributed by atoms with E-state index in [1.165, 1.54) is 6.07 Å². The molecule has 3 rings (SSSR count). The monoisotopic (exact) mass is 264 g/mol. The van der Waals surface area contributed by atoms with Crippen molar-refractivity contribution >= 4 is 10.9 Å². The minimum Gasteiger partial charge on any atom is -0.356 e. The van der Waals surface area contributed by atoms with E-state index in [0.717, 1.165) is 49.6 Å². The van der Waals surface area contributed by atoms with Crippen LogP contribution in [0.5, 0.6) is 0 Å². The lowest BCUT2D eigenvalue weighted by atomic mass is 9.90. The van der Waals surface area contributed by atoms with E-state index in [1.807, 2.05) is 0 Å². The van der Waals surface area contributed by atoms with Crippen LogP contribution >= 0.6 is 0 Å². The number of halogens is 2. The second kappa shape index (κ2) is 4.93. The molecule has 0 amide bonds. The highest BCUT2D eigenvalue weighted by molar-refractivity contribution is 5.86. The summed E-state index contributed by atoms with van der Waals surface area (Å²) in [5.74, 6) is -1.01. The van der Waals surface area contributed by atoms with Gasteiger partial charge in [-0.15, -0.1) is 0 Å². The molecule has 102 valence electrons. The molecule has 0 aliphatic heterocycles. The van der Waals surface area contributed by atoms with Crippen molar-refractivity contribution in [2.75, 3.05) is 6.54 Å². The summed E-state index contributed by atoms with van der Waals surface area (Å²) in [6.45, 7) is 3.04. The zero-order valence-corrected chi connectivity index (χ0v) is 11.0. The minimum absolute atomic E-state index is 0.207. The molecule has 0 saturated heterocycles. The van der Waals surface area contributed by atoms with E-state index in [9.17, 15) is 8.78 Å². The number of aromatic amines is 1. The molecule has 1 aliphatic carbocycles. The zero-order chi connectivity index (χ0) is 13.4. The van der Waals surface area contributed by atoms with Crippen LogP contribution in [0.2, 0.25) is 0 Å². The molecular formula is C15H18F2N2. The van der Waals surface area contributed by atoms with Gasteiger partial charge in [-0.2, -0.15) is 0 Å². The van der Waals surface area contributed by atoms with Crippen molar-refractivity contribution in [1.29, 1.82) is 0 Å². The van der Waals surface area contributed by atoms with Gasteiger partial charge in [-0.3, -0.25) is 0 Å². The fourth-order valence-electron chi connectivity index (χ4n) is 3.04. The van der Waals surface area contributed by atoms with Crippen LogP contribution in [0.1, 0.15) is 43.5 Å². The molecule has 2 N–H and O–H groups in total. The number of benzene rings is 1. The molecule has 2 aromatic rings. The van der Waals surface area contributed by atoms with Gasteiger partial charge in [-0.1, -0.05) is 6.92 Å². The third kappa shape index (κ3) is 2.14. The van der Waals surface area contributed by atoms with Crippen LogP contribution in [-0.4, -0.2) is 11.5 Å². The highest BCUT2D eigenvalue weighted by Crippen LogP contribution is 2.36. The van der Waals surface area contributed by atoms with E-state index < -0.39 is 11.6 Å². The number of H-pyrrole nitrogens is 1. The van der Waals surface area contributed by atoms with Crippen LogP contribution in [0.3, 0.4) is 0 Å². The number of hydrogen-bond donors (Lipinski definition) is 2. The first-order valence-corrected chi connectivity index (χ1v) is 6.93. The Hall–Kier alpha value is -1.42. The van der Waals surface area contributed by atoms with Crippen LogP contribution in [0.25, 0.3) is 10.9 Å². The largest absolute Gasteiger partial charge is 0.356 e. The van der Waals surface area contributed by atoms with Gasteiger partial charge >= 0.3 is 0 Å². The Labute approximate surface area is 111 Å². The second-order valence-electron chi connectivity index (χ2n) is 5.23. The number of aromatic nitrogens is 1. The molecule has 1 aliphatic rings. The summed E-state index contributed by atoms with van der Waals surface area (Å²) in [5.41, 5.74) is 2.56. The van der Waals surface area contributed by atoms with E-state index in [4.69, 9.17) is 0 Å². The predicted molar refractivity (Wildman–Crippen MR) is 72.2 cm³/mol. The molecule has 1 aromatic heterocycles. The van der Waals surface area contributed by atoms with Crippen molar-refractivity contribution in [3.63, 3.8) is 0 Å². The first kappa shape index (κ1) is 12.6. The summed E-state index contributed by atoms with van der Waals surface area (Å²) in [7, 11) is 0. The first-order valence-electron chi connectivity index (χ1n) is 6.93. The molecule has 2 nitrogen and oxygen atoms in total. The van der Waals surface area contributed by atoms with E-state index in [1.54, 1.807) is 0 Å². The first-order chi connectivity index (χ1) is 9.20. The summed E-state index contributed by atoms with van der Waals surface area (Å²) in [4.78, 5) is 3.14. The van der Waals surface area contributed by atoms with Gasteiger partial charge < -0.3 is 10.3 Å². The Bertz CT molecular complexity index is 604. The van der Waals surface area contributed by atoms with Crippen molar-refractivity contribution in [3.05, 3.63) is 35.0 Å². The molecule has 0 bridgehead atoms. The van der Waals surface area contributed by atoms with Crippen LogP contribution in [0.4, 0.5) is 8.78 Å². The van der Waals surface area contributed by atoms with Crippen LogP contribution < -0.4 is 5.32 Å². The maximum atomic E-state index is 13.8. The molecule has 0 fully saturated rings. The smallest absolute Gasteiger partial charge is 0.150 e. The van der Waals surface area contributed by atoms with E-state index >= 15 is 0 Å². The van der Waals surface area contributed by atoms with Gasteiger partial charge in [0, 0.05) is 23.2 Å². The Balaban J connectivity index is 2.13. The summed E-state index contributed by atoms with van der Waals surface area (Å²) in [6.07, 6.45) is 4.07. The number of hydrogen-bond acceptors (Lipinski definition) is 1. The van der Waals surface area contributed by atoms with Gasteiger partial charge in [0.2, 0.25) is 0 Å². The van der Waals surface area contributed by atoms with Crippen LogP contribution in [0, 0.1) is 11.6 Å². The number of rotatable bonds is 3. The minimum atomic E-state index is -0.508. The molecule has 1 heterocycles. The Kier molecular flexibility index (Phi) is 3.27. The van der Waals surface area contributed by atoms with E-state index in [-0.39, 0.29) is 6.04 Å². The summed E-state index contributed by atoms with van der Waals surface area (Å²) in [6, 6.07) is 2.59. The quantitative estimate of drug-likeness (QED) is 0.866. The van der Waals surface area contributed by atoms with Gasteiger partial charge in [0.05, 0.1) is 5.52 Å². The highest BCUT2D eigenvalue weighted by atomic mass is 19.1. The molecule has 0 spiro atoms. The summed E-state index contributed by atoms with van der Waals surface area (Å²) >= 11 is 0. The molecule has 1 aromatic carbocycles. The number of fused-ring (bicyclic) bond motifs is 3. The average molecular weight is 264 g/mol. The SMILES string of the molecule is CCCNC1CCCc2[nH]c3c(F)cc(F)cc3c21. The summed E-state index contributed by atoms with van der Waals surface area (Å²) in [5, 5.41) is 4.17. The van der Waals surface area contributed by atoms with E-state index in [0.29, 0.717) is 10.9 Å². The highest BCUT2D eigenvalue weighted by Gasteiger charge is 2.25. The molecule has 0 radical (unpaired) electrons. The predicted octanol–water partition coefficient (Wildman–Crippen LogP) is 3.82. The molecule has 19 heavy (non-hydrogen) atoms. The number of nitrogens with one attached hydrogen (secondary N) is 2. The normalized spacial score (nSPS) is 18.8. The Morgan fingerprint density at radius 2 is 2.21 bits per heavy atom. The van der Waals surface area contributed by atoms with Crippen LogP contribution in [-0.2, 0) is 6.42 Å². The van der Waals surface area contributed by atoms with Gasteiger partial charge in [-0.25, -0.2) is 8.78 Å². The van der Waals surface area contributed by atoms with Gasteiger partial charge in [0.1, 0.15) is 11.6 Å². The molecule has 1 atom stereocenters. The van der Waals surface area contributed by atoms with Gasteiger partial charge in [-0.05, 0) is 43.9 Å². The van der Waals surface area contributed by atoms with Crippen LogP contribution in [0.15, 0.2) is 12.1 Å². The fourth-order valence-corrected chi connectivity index (χ4v) is 3.04. The van der Waals surface area contributed by atoms with Crippen molar-refractivity contribution in [3.8, 4) is 0 Å². The maximum Gasteiger partial charge on any atom is 0.150 e. The average Bonchev–Trinajstić information content (AvgIpc) is 2.76. The lowest BCUT2D eigenvalue weighted by Gasteiger charge is -2.24. The van der Waals surface area contributed by atoms with Crippen molar-refractivity contribution in [1.82, 2.24) is 10.3 Å². The molecular weight excluding hydrogens is 246 g/mol. The zero-order valence-electron chi connectivity index (χ0n) is 11.0. The third-order valence-electron chi connectivity index (χ3n) is 3.85.